The Morgan fingerprint density at radius 3 is 2.55 bits per heavy atom. The number of imidazole rings is 1. The third-order valence-electron chi connectivity index (χ3n) is 6.70. The van der Waals surface area contributed by atoms with Crippen LogP contribution in [0.1, 0.15) is 40.9 Å². The minimum absolute atomic E-state index is 0.0171. The number of halogens is 4. The van der Waals surface area contributed by atoms with E-state index in [0.717, 1.165) is 17.1 Å². The third-order valence-corrected chi connectivity index (χ3v) is 6.94. The molecule has 2 heterocycles. The Morgan fingerprint density at radius 1 is 1.08 bits per heavy atom. The maximum atomic E-state index is 13.3. The van der Waals surface area contributed by atoms with Gasteiger partial charge in [-0.05, 0) is 61.4 Å². The van der Waals surface area contributed by atoms with Crippen LogP contribution in [0.2, 0.25) is 5.02 Å². The standard InChI is InChI=1S/C27H23ClF3N5O2/c1-36-15-34-22-10-16(2-7-23(22)36)24(37)12-26(8-9-26)25(38)33-13-18-4-5-19(14-32-18)35-21-6-3-17(28)11-20(21)27(29,30)31/h2-7,10-11,14-15,35H,8-9,12-13H2,1H3,(H,33,38). The van der Waals surface area contributed by atoms with E-state index in [1.165, 1.54) is 18.3 Å². The van der Waals surface area contributed by atoms with Gasteiger partial charge in [0.25, 0.3) is 0 Å². The molecule has 196 valence electrons. The Labute approximate surface area is 221 Å². The maximum absolute atomic E-state index is 13.3. The Hall–Kier alpha value is -3.92. The van der Waals surface area contributed by atoms with Crippen molar-refractivity contribution >= 4 is 45.7 Å². The molecule has 0 unspecified atom stereocenters. The number of aryl methyl sites for hydroxylation is 1. The van der Waals surface area contributed by atoms with E-state index >= 15 is 0 Å². The van der Waals surface area contributed by atoms with Gasteiger partial charge in [-0.25, -0.2) is 4.98 Å². The number of rotatable bonds is 8. The van der Waals surface area contributed by atoms with Gasteiger partial charge in [0.05, 0.1) is 58.1 Å². The first-order chi connectivity index (χ1) is 18.0. The molecule has 11 heteroatoms. The van der Waals surface area contributed by atoms with E-state index < -0.39 is 17.2 Å². The van der Waals surface area contributed by atoms with Crippen LogP contribution in [0, 0.1) is 5.41 Å². The predicted molar refractivity (Wildman–Crippen MR) is 137 cm³/mol. The number of nitrogens with zero attached hydrogens (tertiary/aromatic N) is 3. The number of pyridine rings is 1. The van der Waals surface area contributed by atoms with Gasteiger partial charge in [-0.15, -0.1) is 0 Å². The molecular weight excluding hydrogens is 519 g/mol. The highest BCUT2D eigenvalue weighted by molar-refractivity contribution is 6.30. The summed E-state index contributed by atoms with van der Waals surface area (Å²) in [5.74, 6) is -0.330. The zero-order valence-electron chi connectivity index (χ0n) is 20.3. The van der Waals surface area contributed by atoms with Gasteiger partial charge >= 0.3 is 6.18 Å². The summed E-state index contributed by atoms with van der Waals surface area (Å²) >= 11 is 5.73. The lowest BCUT2D eigenvalue weighted by Crippen LogP contribution is -2.33. The van der Waals surface area contributed by atoms with E-state index in [2.05, 4.69) is 20.6 Å². The van der Waals surface area contributed by atoms with Gasteiger partial charge in [-0.1, -0.05) is 11.6 Å². The Balaban J connectivity index is 1.19. The van der Waals surface area contributed by atoms with E-state index in [1.807, 2.05) is 17.7 Å². The second kappa shape index (κ2) is 9.75. The van der Waals surface area contributed by atoms with E-state index in [0.29, 0.717) is 29.8 Å². The zero-order chi connectivity index (χ0) is 27.1. The summed E-state index contributed by atoms with van der Waals surface area (Å²) in [5.41, 5.74) is 1.28. The van der Waals surface area contributed by atoms with Crippen LogP contribution >= 0.6 is 11.6 Å². The molecule has 4 aromatic rings. The zero-order valence-corrected chi connectivity index (χ0v) is 21.0. The topological polar surface area (TPSA) is 88.9 Å². The number of alkyl halides is 3. The third kappa shape index (κ3) is 5.35. The van der Waals surface area contributed by atoms with Crippen molar-refractivity contribution in [1.82, 2.24) is 19.9 Å². The smallest absolute Gasteiger partial charge is 0.354 e. The van der Waals surface area contributed by atoms with E-state index in [4.69, 9.17) is 11.6 Å². The lowest BCUT2D eigenvalue weighted by Gasteiger charge is -2.16. The highest BCUT2D eigenvalue weighted by atomic mass is 35.5. The number of hydrogen-bond acceptors (Lipinski definition) is 5. The number of benzene rings is 2. The quantitative estimate of drug-likeness (QED) is 0.265. The highest BCUT2D eigenvalue weighted by Crippen LogP contribution is 2.49. The van der Waals surface area contributed by atoms with Gasteiger partial charge < -0.3 is 15.2 Å². The van der Waals surface area contributed by atoms with Gasteiger partial charge in [0.2, 0.25) is 5.91 Å². The number of anilines is 2. The van der Waals surface area contributed by atoms with Crippen LogP contribution in [0.3, 0.4) is 0 Å². The Bertz CT molecular complexity index is 1530. The van der Waals surface area contributed by atoms with Gasteiger partial charge in [0.15, 0.2) is 5.78 Å². The van der Waals surface area contributed by atoms with Crippen LogP contribution in [0.4, 0.5) is 24.5 Å². The Kier molecular flexibility index (Phi) is 6.60. The fourth-order valence-electron chi connectivity index (χ4n) is 4.33. The highest BCUT2D eigenvalue weighted by Gasteiger charge is 2.51. The van der Waals surface area contributed by atoms with Gasteiger partial charge in [-0.2, -0.15) is 13.2 Å². The molecule has 2 aromatic carbocycles. The summed E-state index contributed by atoms with van der Waals surface area (Å²) in [6.45, 7) is 0.129. The SMILES string of the molecule is Cn1cnc2cc(C(=O)CC3(C(=O)NCc4ccc(Nc5ccc(Cl)cc5C(F)(F)F)cn4)CC3)ccc21. The number of ketones is 1. The molecule has 1 aliphatic rings. The average Bonchev–Trinajstić information content (AvgIpc) is 3.58. The second-order valence-electron chi connectivity index (χ2n) is 9.47. The summed E-state index contributed by atoms with van der Waals surface area (Å²) in [5, 5.41) is 5.54. The largest absolute Gasteiger partial charge is 0.418 e. The summed E-state index contributed by atoms with van der Waals surface area (Å²) in [6, 6.07) is 12.0. The van der Waals surface area contributed by atoms with E-state index in [9.17, 15) is 22.8 Å². The molecule has 1 fully saturated rings. The first kappa shape index (κ1) is 25.7. The number of carbonyl (C=O) groups excluding carboxylic acids is 2. The number of carbonyl (C=O) groups is 2. The van der Waals surface area contributed by atoms with Crippen molar-refractivity contribution in [1.29, 1.82) is 0 Å². The summed E-state index contributed by atoms with van der Waals surface area (Å²) in [7, 11) is 1.88. The van der Waals surface area contributed by atoms with Crippen molar-refractivity contribution in [2.45, 2.75) is 32.0 Å². The minimum atomic E-state index is -4.57. The molecule has 0 bridgehead atoms. The van der Waals surface area contributed by atoms with Crippen LogP contribution < -0.4 is 10.6 Å². The van der Waals surface area contributed by atoms with Crippen molar-refractivity contribution in [2.75, 3.05) is 5.32 Å². The van der Waals surface area contributed by atoms with Crippen LogP contribution in [-0.2, 0) is 24.6 Å². The summed E-state index contributed by atoms with van der Waals surface area (Å²) in [6.07, 6.45) is -0.153. The molecule has 2 aromatic heterocycles. The van der Waals surface area contributed by atoms with Crippen molar-refractivity contribution in [2.24, 2.45) is 12.5 Å². The molecule has 2 N–H and O–H groups in total. The number of fused-ring (bicyclic) bond motifs is 1. The number of nitrogens with one attached hydrogen (secondary N) is 2. The molecule has 5 rings (SSSR count). The molecule has 7 nitrogen and oxygen atoms in total. The normalized spacial score (nSPS) is 14.3. The first-order valence-electron chi connectivity index (χ1n) is 11.9. The van der Waals surface area contributed by atoms with E-state index in [1.54, 1.807) is 30.6 Å². The minimum Gasteiger partial charge on any atom is -0.354 e. The van der Waals surface area contributed by atoms with E-state index in [-0.39, 0.29) is 35.4 Å². The molecule has 0 spiro atoms. The van der Waals surface area contributed by atoms with Gasteiger partial charge in [-0.3, -0.25) is 14.6 Å². The predicted octanol–water partition coefficient (Wildman–Crippen LogP) is 6.05. The lowest BCUT2D eigenvalue weighted by molar-refractivity contribution is -0.137. The van der Waals surface area contributed by atoms with Crippen molar-refractivity contribution in [3.05, 3.63) is 82.9 Å². The maximum Gasteiger partial charge on any atom is 0.418 e. The first-order valence-corrected chi connectivity index (χ1v) is 12.2. The number of hydrogen-bond donors (Lipinski definition) is 2. The number of aromatic nitrogens is 3. The van der Waals surface area contributed by atoms with Crippen LogP contribution in [0.25, 0.3) is 11.0 Å². The van der Waals surface area contributed by atoms with Crippen LogP contribution in [0.5, 0.6) is 0 Å². The molecule has 0 aliphatic heterocycles. The monoisotopic (exact) mass is 541 g/mol. The van der Waals surface area contributed by atoms with Crippen molar-refractivity contribution < 1.29 is 22.8 Å². The van der Waals surface area contributed by atoms with Gasteiger partial charge in [0.1, 0.15) is 0 Å². The molecule has 38 heavy (non-hydrogen) atoms. The molecule has 1 aliphatic carbocycles. The van der Waals surface area contributed by atoms with Crippen LogP contribution in [0.15, 0.2) is 61.1 Å². The molecular formula is C27H23ClF3N5O2. The molecule has 1 saturated carbocycles. The van der Waals surface area contributed by atoms with Crippen molar-refractivity contribution in [3.63, 3.8) is 0 Å². The Morgan fingerprint density at radius 2 is 1.87 bits per heavy atom. The second-order valence-corrected chi connectivity index (χ2v) is 9.91. The fraction of sp³-hybridized carbons (Fsp3) is 0.259. The van der Waals surface area contributed by atoms with Gasteiger partial charge in [0, 0.05) is 24.1 Å². The lowest BCUT2D eigenvalue weighted by atomic mass is 9.94. The van der Waals surface area contributed by atoms with Crippen molar-refractivity contribution in [3.8, 4) is 0 Å². The number of amides is 1. The molecule has 0 radical (unpaired) electrons. The molecule has 0 atom stereocenters. The molecule has 0 saturated heterocycles. The number of Topliss-reactive ketones (excluding diaryl/α,β-unsaturated/α-hetero) is 1. The fourth-order valence-corrected chi connectivity index (χ4v) is 4.50. The molecule has 1 amide bonds. The van der Waals surface area contributed by atoms with Crippen LogP contribution in [-0.4, -0.2) is 26.2 Å². The summed E-state index contributed by atoms with van der Waals surface area (Å²) < 4.78 is 41.9. The average molecular weight is 542 g/mol. The summed E-state index contributed by atoms with van der Waals surface area (Å²) in [4.78, 5) is 34.3.